The van der Waals surface area contributed by atoms with Gasteiger partial charge in [-0.25, -0.2) is 4.79 Å². The molecule has 0 aromatic heterocycles. The molecular formula is C26H27NO4Si. The molecule has 0 aliphatic carbocycles. The van der Waals surface area contributed by atoms with E-state index < -0.39 is 14.0 Å². The van der Waals surface area contributed by atoms with E-state index in [1.54, 1.807) is 12.1 Å². The summed E-state index contributed by atoms with van der Waals surface area (Å²) in [4.78, 5) is 13.0. The molecule has 0 aliphatic heterocycles. The molecule has 0 saturated carbocycles. The highest BCUT2D eigenvalue weighted by molar-refractivity contribution is 6.83. The van der Waals surface area contributed by atoms with Crippen molar-refractivity contribution >= 4 is 19.7 Å². The summed E-state index contributed by atoms with van der Waals surface area (Å²) in [6.07, 6.45) is 0. The molecule has 6 heteroatoms. The van der Waals surface area contributed by atoms with Crippen LogP contribution in [0.15, 0.2) is 60.7 Å². The van der Waals surface area contributed by atoms with Crippen LogP contribution in [0.5, 0.6) is 17.2 Å². The number of carbonyl (C=O) groups is 1. The lowest BCUT2D eigenvalue weighted by Gasteiger charge is -2.14. The summed E-state index contributed by atoms with van der Waals surface area (Å²) in [5.41, 5.74) is 12.5. The van der Waals surface area contributed by atoms with Crippen LogP contribution in [-0.4, -0.2) is 28.3 Å². The Kier molecular flexibility index (Phi) is 6.91. The third-order valence-corrected chi connectivity index (χ3v) is 5.53. The highest BCUT2D eigenvalue weighted by Gasteiger charge is 2.19. The van der Waals surface area contributed by atoms with Gasteiger partial charge in [-0.05, 0) is 12.1 Å². The topological polar surface area (TPSA) is 70.8 Å². The zero-order valence-corrected chi connectivity index (χ0v) is 20.0. The van der Waals surface area contributed by atoms with Crippen LogP contribution < -0.4 is 19.9 Å². The van der Waals surface area contributed by atoms with Gasteiger partial charge in [0.25, 0.3) is 0 Å². The van der Waals surface area contributed by atoms with E-state index in [1.807, 2.05) is 42.5 Å². The van der Waals surface area contributed by atoms with Gasteiger partial charge in [-0.2, -0.15) is 0 Å². The predicted molar refractivity (Wildman–Crippen MR) is 131 cm³/mol. The van der Waals surface area contributed by atoms with Crippen LogP contribution in [-0.2, 0) is 0 Å². The van der Waals surface area contributed by atoms with Crippen LogP contribution in [0, 0.1) is 11.5 Å². The molecule has 0 bridgehead atoms. The zero-order valence-electron chi connectivity index (χ0n) is 19.0. The number of esters is 1. The molecule has 3 aromatic carbocycles. The summed E-state index contributed by atoms with van der Waals surface area (Å²) in [6.45, 7) is 6.60. The van der Waals surface area contributed by atoms with Gasteiger partial charge in [-0.3, -0.25) is 0 Å². The number of benzene rings is 3. The number of anilines is 1. The van der Waals surface area contributed by atoms with Gasteiger partial charge >= 0.3 is 5.97 Å². The Hall–Kier alpha value is -3.69. The fourth-order valence-electron chi connectivity index (χ4n) is 3.09. The molecule has 0 spiro atoms. The van der Waals surface area contributed by atoms with Crippen LogP contribution in [0.4, 0.5) is 5.69 Å². The Morgan fingerprint density at radius 2 is 1.44 bits per heavy atom. The first-order valence-electron chi connectivity index (χ1n) is 10.2. The van der Waals surface area contributed by atoms with E-state index in [2.05, 4.69) is 31.1 Å². The molecule has 0 unspecified atom stereocenters. The lowest BCUT2D eigenvalue weighted by molar-refractivity contribution is 0.0736. The van der Waals surface area contributed by atoms with E-state index in [9.17, 15) is 4.79 Å². The van der Waals surface area contributed by atoms with E-state index in [0.29, 0.717) is 17.2 Å². The summed E-state index contributed by atoms with van der Waals surface area (Å²) in [6, 6.07) is 18.3. The minimum Gasteiger partial charge on any atom is -0.493 e. The maximum Gasteiger partial charge on any atom is 0.345 e. The molecular weight excluding hydrogens is 418 g/mol. The standard InChI is InChI=1S/C26H27NO4Si/c1-29-24-16-21(22(27)17-25(24)30-2)26(28)31-23-13-9-8-12-20(23)19-11-7-6-10-18(19)14-15-32(3,4)5/h6-13,16-17H,27H2,1-5H3. The van der Waals surface area contributed by atoms with Gasteiger partial charge in [0.05, 0.1) is 25.5 Å². The first-order valence-corrected chi connectivity index (χ1v) is 13.7. The zero-order chi connectivity index (χ0) is 23.3. The van der Waals surface area contributed by atoms with Crippen molar-refractivity contribution in [1.82, 2.24) is 0 Å². The Bertz CT molecular complexity index is 1200. The average molecular weight is 446 g/mol. The van der Waals surface area contributed by atoms with Crippen molar-refractivity contribution in [2.75, 3.05) is 20.0 Å². The van der Waals surface area contributed by atoms with Crippen molar-refractivity contribution < 1.29 is 19.0 Å². The SMILES string of the molecule is COc1cc(N)c(C(=O)Oc2ccccc2-c2ccccc2C#C[Si](C)(C)C)cc1OC. The van der Waals surface area contributed by atoms with E-state index in [0.717, 1.165) is 16.7 Å². The molecule has 0 saturated heterocycles. The molecule has 32 heavy (non-hydrogen) atoms. The predicted octanol–water partition coefficient (Wildman–Crippen LogP) is 5.40. The molecule has 0 heterocycles. The van der Waals surface area contributed by atoms with Gasteiger partial charge in [0.15, 0.2) is 11.5 Å². The Labute approximate surface area is 190 Å². The quantitative estimate of drug-likeness (QED) is 0.187. The van der Waals surface area contributed by atoms with E-state index in [-0.39, 0.29) is 11.3 Å². The van der Waals surface area contributed by atoms with Gasteiger partial charge < -0.3 is 19.9 Å². The van der Waals surface area contributed by atoms with E-state index >= 15 is 0 Å². The van der Waals surface area contributed by atoms with Gasteiger partial charge in [0.2, 0.25) is 0 Å². The highest BCUT2D eigenvalue weighted by Crippen LogP contribution is 2.35. The highest BCUT2D eigenvalue weighted by atomic mass is 28.3. The van der Waals surface area contributed by atoms with Crippen molar-refractivity contribution in [1.29, 1.82) is 0 Å². The molecule has 5 nitrogen and oxygen atoms in total. The number of para-hydroxylation sites is 1. The molecule has 0 fully saturated rings. The first-order chi connectivity index (χ1) is 15.2. The molecule has 0 atom stereocenters. The second-order valence-electron chi connectivity index (χ2n) is 8.23. The molecule has 164 valence electrons. The lowest BCUT2D eigenvalue weighted by Crippen LogP contribution is -2.16. The van der Waals surface area contributed by atoms with E-state index in [4.69, 9.17) is 19.9 Å². The van der Waals surface area contributed by atoms with Gasteiger partial charge in [-0.1, -0.05) is 62.0 Å². The Morgan fingerprint density at radius 1 is 0.844 bits per heavy atom. The summed E-state index contributed by atoms with van der Waals surface area (Å²) >= 11 is 0. The van der Waals surface area contributed by atoms with Crippen molar-refractivity contribution in [3.8, 4) is 39.8 Å². The van der Waals surface area contributed by atoms with Crippen LogP contribution in [0.1, 0.15) is 15.9 Å². The smallest absolute Gasteiger partial charge is 0.345 e. The molecule has 3 aromatic rings. The maximum atomic E-state index is 13.0. The Morgan fingerprint density at radius 3 is 2.09 bits per heavy atom. The van der Waals surface area contributed by atoms with Gasteiger partial charge in [-0.15, -0.1) is 5.54 Å². The number of ether oxygens (including phenoxy) is 3. The molecule has 2 N–H and O–H groups in total. The van der Waals surface area contributed by atoms with Crippen molar-refractivity contribution in [3.63, 3.8) is 0 Å². The normalized spacial score (nSPS) is 10.7. The summed E-state index contributed by atoms with van der Waals surface area (Å²) in [5, 5.41) is 0. The number of nitrogen functional groups attached to an aromatic ring is 1. The molecule has 0 radical (unpaired) electrons. The minimum atomic E-state index is -1.55. The van der Waals surface area contributed by atoms with Crippen molar-refractivity contribution in [3.05, 3.63) is 71.8 Å². The van der Waals surface area contributed by atoms with Gasteiger partial charge in [0, 0.05) is 28.8 Å². The molecule has 0 amide bonds. The molecule has 3 rings (SSSR count). The third kappa shape index (κ3) is 5.31. The second kappa shape index (κ2) is 9.63. The maximum absolute atomic E-state index is 13.0. The number of carbonyl (C=O) groups excluding carboxylic acids is 1. The number of hydrogen-bond donors (Lipinski definition) is 1. The van der Waals surface area contributed by atoms with E-state index in [1.165, 1.54) is 20.3 Å². The lowest BCUT2D eigenvalue weighted by atomic mass is 9.99. The van der Waals surface area contributed by atoms with Crippen LogP contribution in [0.25, 0.3) is 11.1 Å². The van der Waals surface area contributed by atoms with Crippen LogP contribution in [0.2, 0.25) is 19.6 Å². The minimum absolute atomic E-state index is 0.198. The second-order valence-corrected chi connectivity index (χ2v) is 13.0. The first kappa shape index (κ1) is 23.0. The van der Waals surface area contributed by atoms with Crippen LogP contribution in [0.3, 0.4) is 0 Å². The molecule has 0 aliphatic rings. The third-order valence-electron chi connectivity index (χ3n) is 4.65. The largest absolute Gasteiger partial charge is 0.493 e. The number of nitrogens with two attached hydrogens (primary N) is 1. The summed E-state index contributed by atoms with van der Waals surface area (Å²) in [5.74, 6) is 4.00. The fraction of sp³-hybridized carbons (Fsp3) is 0.192. The fourth-order valence-corrected chi connectivity index (χ4v) is 3.60. The van der Waals surface area contributed by atoms with Crippen molar-refractivity contribution in [2.45, 2.75) is 19.6 Å². The van der Waals surface area contributed by atoms with Gasteiger partial charge in [0.1, 0.15) is 13.8 Å². The summed E-state index contributed by atoms with van der Waals surface area (Å²) in [7, 11) is 1.45. The summed E-state index contributed by atoms with van der Waals surface area (Å²) < 4.78 is 16.3. The monoisotopic (exact) mass is 445 g/mol. The number of hydrogen-bond acceptors (Lipinski definition) is 5. The average Bonchev–Trinajstić information content (AvgIpc) is 2.77. The van der Waals surface area contributed by atoms with Crippen molar-refractivity contribution in [2.24, 2.45) is 0 Å². The number of methoxy groups -OCH3 is 2. The Balaban J connectivity index is 2.01. The van der Waals surface area contributed by atoms with Crippen LogP contribution >= 0.6 is 0 Å². The number of rotatable bonds is 5.